The van der Waals surface area contributed by atoms with Crippen LogP contribution in [0.5, 0.6) is 0 Å². The summed E-state index contributed by atoms with van der Waals surface area (Å²) in [5.74, 6) is 1.75. The number of nitrogens with zero attached hydrogens (tertiary/aromatic N) is 11. The number of Topliss-reactive ketones (excluding diaryl/α,β-unsaturated/α-hetero) is 3. The number of benzene rings is 3. The first-order valence-electron chi connectivity index (χ1n) is 35.8. The number of nitriles is 3. The van der Waals surface area contributed by atoms with Crippen molar-refractivity contribution >= 4 is 17.3 Å². The van der Waals surface area contributed by atoms with Gasteiger partial charge in [0.25, 0.3) is 0 Å². The molecule has 0 saturated carbocycles. The van der Waals surface area contributed by atoms with Crippen LogP contribution in [-0.4, -0.2) is 171 Å². The molecular weight excluding hydrogens is 1230 g/mol. The summed E-state index contributed by atoms with van der Waals surface area (Å²) in [6, 6.07) is 38.7. The Kier molecular flexibility index (Phi) is 21.3. The second-order valence-corrected chi connectivity index (χ2v) is 28.8. The van der Waals surface area contributed by atoms with E-state index in [1.807, 2.05) is 117 Å². The van der Waals surface area contributed by atoms with Gasteiger partial charge < -0.3 is 38.5 Å². The molecule has 3 aromatic carbocycles. The Morgan fingerprint density at radius 1 is 0.480 bits per heavy atom. The predicted octanol–water partition coefficient (Wildman–Crippen LogP) is 10.5. The minimum atomic E-state index is -0.307. The number of unbranched alkanes of at least 4 members (excludes halogenated alkanes) is 1. The number of hydrogen-bond acceptors (Lipinski definition) is 15. The Morgan fingerprint density at radius 3 is 1.12 bits per heavy atom. The highest BCUT2D eigenvalue weighted by molar-refractivity contribution is 6.00. The van der Waals surface area contributed by atoms with Crippen LogP contribution in [-0.2, 0) is 35.3 Å². The number of ketones is 3. The zero-order valence-electron chi connectivity index (χ0n) is 56.9. The first-order valence-corrected chi connectivity index (χ1v) is 35.8. The molecule has 0 aliphatic carbocycles. The summed E-state index contributed by atoms with van der Waals surface area (Å²) in [7, 11) is 0. The van der Waals surface area contributed by atoms with Crippen molar-refractivity contribution in [3.8, 4) is 35.3 Å². The standard InChI is InChI=1S/C27H33N3O3.C26H29N5O2.C26H31N3O3/c1-18-24(27(32)15-29-22-10-11-25(29)26(31)13-22)12-23(5-3-2-4-20-16-33-17-20)30(18)21-8-6-19(14-28)7-9-21;1-18-23(26(33)17-30-21-9-10-24(30)25(32)15-21)14-22(4-2-12-29-13-3-11-28-29)31(18)20-7-5-19(16-27)6-8-20;1-17-23(26(31)14-28-21-9-10-24(28)25(30)12-21)11-22(4-2-3-19-15-32-16-19)29(17)20-7-5-18(13-27)6-8-20/h6-9,12,20,22,25-26,31H,2-5,10-11,13,15-17H2,1H3;3,5-8,11,13-14,21,24-25,32H,2,4,9-10,12,15,17H2,1H3;5-8,11,19,21,24-25,30H,2-4,9-10,12,14-16H2,1H3/t22?,25?,26-;2*21?,24?,25-/m000/s1. The van der Waals surface area contributed by atoms with Crippen molar-refractivity contribution in [3.05, 3.63) is 177 Å². The predicted molar refractivity (Wildman–Crippen MR) is 371 cm³/mol. The summed E-state index contributed by atoms with van der Waals surface area (Å²) in [6.07, 6.45) is 20.5. The van der Waals surface area contributed by atoms with E-state index in [9.17, 15) is 29.7 Å². The van der Waals surface area contributed by atoms with E-state index >= 15 is 0 Å². The number of aromatic nitrogens is 5. The van der Waals surface area contributed by atoms with Crippen LogP contribution in [0.4, 0.5) is 0 Å². The fourth-order valence-corrected chi connectivity index (χ4v) is 17.3. The Balaban J connectivity index is 0.000000132. The molecule has 0 spiro atoms. The number of aliphatic hydroxyl groups excluding tert-OH is 3. The first-order chi connectivity index (χ1) is 47.6. The molecule has 7 aromatic rings. The van der Waals surface area contributed by atoms with Gasteiger partial charge in [-0.2, -0.15) is 20.9 Å². The number of aliphatic hydroxyl groups is 3. The molecular formula is C79H93N11O8. The molecule has 0 radical (unpaired) electrons. The summed E-state index contributed by atoms with van der Waals surface area (Å²) < 4.78 is 19.0. The van der Waals surface area contributed by atoms with Crippen LogP contribution in [0.3, 0.4) is 0 Å². The van der Waals surface area contributed by atoms with Gasteiger partial charge in [0, 0.05) is 135 Å². The van der Waals surface area contributed by atoms with Gasteiger partial charge in [0.1, 0.15) is 0 Å². The van der Waals surface area contributed by atoms with E-state index in [0.717, 1.165) is 210 Å². The number of rotatable bonds is 25. The third-order valence-electron chi connectivity index (χ3n) is 22.7. The number of carbonyl (C=O) groups is 3. The lowest BCUT2D eigenvalue weighted by molar-refractivity contribution is -0.0364. The minimum Gasteiger partial charge on any atom is -0.391 e. The van der Waals surface area contributed by atoms with Crippen LogP contribution in [0.25, 0.3) is 17.1 Å². The Hall–Kier alpha value is -8.13. The molecule has 12 heterocycles. The van der Waals surface area contributed by atoms with Crippen molar-refractivity contribution in [2.75, 3.05) is 46.1 Å². The maximum atomic E-state index is 13.4. The van der Waals surface area contributed by atoms with Crippen molar-refractivity contribution in [1.82, 2.24) is 38.2 Å². The quantitative estimate of drug-likeness (QED) is 0.0356. The molecule has 512 valence electrons. The number of carbonyl (C=O) groups excluding carboxylic acids is 3. The molecule has 8 aliphatic heterocycles. The summed E-state index contributed by atoms with van der Waals surface area (Å²) in [5.41, 5.74) is 13.3. The van der Waals surface area contributed by atoms with Crippen LogP contribution in [0, 0.1) is 66.6 Å². The lowest BCUT2D eigenvalue weighted by atomic mass is 9.98. The average molecular weight is 1320 g/mol. The van der Waals surface area contributed by atoms with Crippen LogP contribution >= 0.6 is 0 Å². The van der Waals surface area contributed by atoms with Crippen molar-refractivity contribution in [1.29, 1.82) is 15.8 Å². The van der Waals surface area contributed by atoms with Crippen LogP contribution < -0.4 is 0 Å². The van der Waals surface area contributed by atoms with E-state index in [1.54, 1.807) is 6.20 Å². The Labute approximate surface area is 575 Å². The largest absolute Gasteiger partial charge is 0.391 e. The highest BCUT2D eigenvalue weighted by Gasteiger charge is 2.48. The van der Waals surface area contributed by atoms with E-state index in [2.05, 4.69) is 63.8 Å². The molecule has 8 saturated heterocycles. The van der Waals surface area contributed by atoms with Crippen LogP contribution in [0.1, 0.15) is 178 Å². The Morgan fingerprint density at radius 2 is 0.827 bits per heavy atom. The van der Waals surface area contributed by atoms with Crippen molar-refractivity contribution in [2.24, 2.45) is 11.8 Å². The van der Waals surface area contributed by atoms with Gasteiger partial charge in [0.15, 0.2) is 17.3 Å². The molecule has 8 fully saturated rings. The zero-order chi connectivity index (χ0) is 68.1. The second kappa shape index (κ2) is 30.5. The number of aryl methyl sites for hydroxylation is 4. The van der Waals surface area contributed by atoms with Gasteiger partial charge in [-0.3, -0.25) is 33.8 Å². The summed E-state index contributed by atoms with van der Waals surface area (Å²) in [4.78, 5) is 46.9. The van der Waals surface area contributed by atoms with Crippen LogP contribution in [0.2, 0.25) is 0 Å². The topological polar surface area (TPSA) is 244 Å². The van der Waals surface area contributed by atoms with Gasteiger partial charge in [0.05, 0.1) is 99.3 Å². The minimum absolute atomic E-state index is 0.110. The van der Waals surface area contributed by atoms with Gasteiger partial charge in [-0.05, 0) is 227 Å². The molecule has 19 heteroatoms. The highest BCUT2D eigenvalue weighted by Crippen LogP contribution is 2.41. The molecule has 9 atom stereocenters. The third-order valence-corrected chi connectivity index (χ3v) is 22.7. The Bertz CT molecular complexity index is 4080. The van der Waals surface area contributed by atoms with Gasteiger partial charge >= 0.3 is 0 Å². The fourth-order valence-electron chi connectivity index (χ4n) is 17.3. The van der Waals surface area contributed by atoms with Gasteiger partial charge in [-0.25, -0.2) is 0 Å². The molecule has 3 N–H and O–H groups in total. The second-order valence-electron chi connectivity index (χ2n) is 28.8. The fraction of sp³-hybridized carbons (Fsp3) is 0.506. The monoisotopic (exact) mass is 1320 g/mol. The maximum Gasteiger partial charge on any atom is 0.178 e. The van der Waals surface area contributed by atoms with E-state index in [4.69, 9.17) is 25.3 Å². The molecule has 19 nitrogen and oxygen atoms in total. The van der Waals surface area contributed by atoms with E-state index in [-0.39, 0.29) is 53.8 Å². The lowest BCUT2D eigenvalue weighted by Gasteiger charge is -2.25. The zero-order valence-corrected chi connectivity index (χ0v) is 56.9. The molecule has 6 bridgehead atoms. The molecule has 8 aliphatic rings. The van der Waals surface area contributed by atoms with Crippen molar-refractivity contribution in [3.63, 3.8) is 0 Å². The molecule has 6 unspecified atom stereocenters. The highest BCUT2D eigenvalue weighted by atomic mass is 16.5. The normalized spacial score (nSPS) is 23.9. The molecule has 4 aromatic heterocycles. The molecule has 15 rings (SSSR count). The SMILES string of the molecule is Cc1c(C(=O)CN2C3CCC2[C@@H](O)C3)cc(CCCC2COC2)n1-c1ccc(C#N)cc1.Cc1c(C(=O)CN2C3CCC2[C@@H](O)C3)cc(CCCCC2COC2)n1-c1ccc(C#N)cc1.Cc1c(C(=O)CN2C3CCC2[C@@H](O)C3)cc(CCCn2cccn2)n1-c1ccc(C#N)cc1. The average Bonchev–Trinajstić information content (AvgIpc) is 1.64. The number of ether oxygens (including phenoxy) is 2. The third kappa shape index (κ3) is 14.6. The summed E-state index contributed by atoms with van der Waals surface area (Å²) in [5, 5.41) is 62.5. The van der Waals surface area contributed by atoms with Gasteiger partial charge in [-0.1, -0.05) is 6.42 Å². The van der Waals surface area contributed by atoms with Crippen molar-refractivity contribution < 1.29 is 39.2 Å². The number of hydrogen-bond donors (Lipinski definition) is 3. The summed E-state index contributed by atoms with van der Waals surface area (Å²) in [6.45, 7) is 11.5. The summed E-state index contributed by atoms with van der Waals surface area (Å²) >= 11 is 0. The van der Waals surface area contributed by atoms with Crippen LogP contribution in [0.15, 0.2) is 109 Å². The molecule has 98 heavy (non-hydrogen) atoms. The van der Waals surface area contributed by atoms with Gasteiger partial charge in [-0.15, -0.1) is 0 Å². The lowest BCUT2D eigenvalue weighted by Crippen LogP contribution is -2.36. The van der Waals surface area contributed by atoms with Crippen molar-refractivity contribution in [2.45, 2.75) is 197 Å². The van der Waals surface area contributed by atoms with E-state index in [0.29, 0.717) is 66.3 Å². The van der Waals surface area contributed by atoms with E-state index < -0.39 is 0 Å². The maximum absolute atomic E-state index is 13.4. The van der Waals surface area contributed by atoms with Gasteiger partial charge in [0.2, 0.25) is 0 Å². The van der Waals surface area contributed by atoms with E-state index in [1.165, 1.54) is 6.42 Å². The molecule has 0 amide bonds. The smallest absolute Gasteiger partial charge is 0.178 e. The first kappa shape index (κ1) is 68.4. The number of fused-ring (bicyclic) bond motifs is 6.